The lowest BCUT2D eigenvalue weighted by atomic mass is 10.1. The van der Waals surface area contributed by atoms with Gasteiger partial charge in [-0.1, -0.05) is 48.0 Å². The second kappa shape index (κ2) is 9.56. The highest BCUT2D eigenvalue weighted by Gasteiger charge is 2.15. The third-order valence-corrected chi connectivity index (χ3v) is 4.56. The normalized spacial score (nSPS) is 11.0. The number of aryl methyl sites for hydroxylation is 1. The number of hydrogen-bond donors (Lipinski definition) is 2. The first-order valence-corrected chi connectivity index (χ1v) is 9.66. The van der Waals surface area contributed by atoms with E-state index in [9.17, 15) is 9.59 Å². The van der Waals surface area contributed by atoms with Gasteiger partial charge in [-0.15, -0.1) is 0 Å². The predicted octanol–water partition coefficient (Wildman–Crippen LogP) is 4.47. The smallest absolute Gasteiger partial charge is 0.272 e. The minimum atomic E-state index is -0.389. The molecule has 0 bridgehead atoms. The van der Waals surface area contributed by atoms with Crippen LogP contribution in [0, 0.1) is 6.92 Å². The molecule has 0 aliphatic heterocycles. The maximum absolute atomic E-state index is 12.9. The summed E-state index contributed by atoms with van der Waals surface area (Å²) in [6.45, 7) is 1.98. The van der Waals surface area contributed by atoms with Crippen LogP contribution in [0.25, 0.3) is 6.08 Å². The molecule has 0 aliphatic rings. The molecular formula is C25H25N3O2. The molecule has 2 N–H and O–H groups in total. The molecule has 0 aromatic heterocycles. The Bertz CT molecular complexity index is 1040. The molecule has 3 aromatic rings. The Labute approximate surface area is 177 Å². The van der Waals surface area contributed by atoms with Crippen molar-refractivity contribution in [2.24, 2.45) is 0 Å². The van der Waals surface area contributed by atoms with Crippen molar-refractivity contribution >= 4 is 29.3 Å². The maximum Gasteiger partial charge on any atom is 0.272 e. The monoisotopic (exact) mass is 399 g/mol. The van der Waals surface area contributed by atoms with Gasteiger partial charge in [-0.25, -0.2) is 0 Å². The molecule has 0 saturated carbocycles. The van der Waals surface area contributed by atoms with Gasteiger partial charge in [0.2, 0.25) is 0 Å². The van der Waals surface area contributed by atoms with Crippen LogP contribution in [0.4, 0.5) is 11.4 Å². The zero-order chi connectivity index (χ0) is 21.5. The van der Waals surface area contributed by atoms with Crippen molar-refractivity contribution < 1.29 is 9.59 Å². The minimum Gasteiger partial charge on any atom is -0.378 e. The van der Waals surface area contributed by atoms with Gasteiger partial charge >= 0.3 is 0 Å². The molecule has 0 aliphatic carbocycles. The third-order valence-electron chi connectivity index (χ3n) is 4.56. The summed E-state index contributed by atoms with van der Waals surface area (Å²) in [5.74, 6) is -0.731. The van der Waals surface area contributed by atoms with E-state index >= 15 is 0 Å². The van der Waals surface area contributed by atoms with Crippen molar-refractivity contribution in [2.45, 2.75) is 6.92 Å². The van der Waals surface area contributed by atoms with Gasteiger partial charge in [0, 0.05) is 31.0 Å². The standard InChI is InChI=1S/C25H25N3O2/c1-18-9-13-21(14-10-18)26-25(30)23(27-24(29)20-7-5-4-6-8-20)17-19-11-15-22(16-12-19)28(2)3/h4-17H,1-3H3,(H,26,30)(H,27,29)/b23-17-. The number of nitrogens with zero attached hydrogens (tertiary/aromatic N) is 1. The van der Waals surface area contributed by atoms with Crippen molar-refractivity contribution in [3.05, 3.63) is 101 Å². The number of hydrogen-bond acceptors (Lipinski definition) is 3. The van der Waals surface area contributed by atoms with Gasteiger partial charge < -0.3 is 15.5 Å². The summed E-state index contributed by atoms with van der Waals surface area (Å²) in [6.07, 6.45) is 1.67. The third kappa shape index (κ3) is 5.58. The average Bonchev–Trinajstić information content (AvgIpc) is 2.75. The van der Waals surface area contributed by atoms with Crippen molar-refractivity contribution in [1.29, 1.82) is 0 Å². The Balaban J connectivity index is 1.87. The summed E-state index contributed by atoms with van der Waals surface area (Å²) in [5, 5.41) is 5.60. The Morgan fingerprint density at radius 1 is 0.833 bits per heavy atom. The van der Waals surface area contributed by atoms with Gasteiger partial charge in [-0.3, -0.25) is 9.59 Å². The van der Waals surface area contributed by atoms with Crippen molar-refractivity contribution in [3.8, 4) is 0 Å². The van der Waals surface area contributed by atoms with E-state index in [1.54, 1.807) is 30.3 Å². The topological polar surface area (TPSA) is 61.4 Å². The number of benzene rings is 3. The molecule has 0 saturated heterocycles. The van der Waals surface area contributed by atoms with Crippen LogP contribution in [0.1, 0.15) is 21.5 Å². The van der Waals surface area contributed by atoms with E-state index in [4.69, 9.17) is 0 Å². The lowest BCUT2D eigenvalue weighted by Gasteiger charge is -2.13. The van der Waals surface area contributed by atoms with Crippen LogP contribution in [0.15, 0.2) is 84.6 Å². The molecule has 2 amide bonds. The first-order valence-electron chi connectivity index (χ1n) is 9.66. The van der Waals surface area contributed by atoms with E-state index in [-0.39, 0.29) is 17.5 Å². The van der Waals surface area contributed by atoms with Crippen LogP contribution in [0.5, 0.6) is 0 Å². The Kier molecular flexibility index (Phi) is 6.65. The average molecular weight is 399 g/mol. The second-order valence-corrected chi connectivity index (χ2v) is 7.18. The molecule has 152 valence electrons. The van der Waals surface area contributed by atoms with E-state index in [1.807, 2.05) is 80.5 Å². The quantitative estimate of drug-likeness (QED) is 0.601. The van der Waals surface area contributed by atoms with Crippen LogP contribution in [0.3, 0.4) is 0 Å². The number of nitrogens with one attached hydrogen (secondary N) is 2. The van der Waals surface area contributed by atoms with Gasteiger partial charge in [0.15, 0.2) is 0 Å². The first kappa shape index (κ1) is 20.9. The van der Waals surface area contributed by atoms with Crippen LogP contribution < -0.4 is 15.5 Å². The largest absolute Gasteiger partial charge is 0.378 e. The maximum atomic E-state index is 12.9. The van der Waals surface area contributed by atoms with Gasteiger partial charge in [-0.05, 0) is 55.0 Å². The lowest BCUT2D eigenvalue weighted by molar-refractivity contribution is -0.113. The Morgan fingerprint density at radius 2 is 1.47 bits per heavy atom. The Hall–Kier alpha value is -3.86. The summed E-state index contributed by atoms with van der Waals surface area (Å²) < 4.78 is 0. The number of rotatable bonds is 6. The van der Waals surface area contributed by atoms with Crippen LogP contribution in [0.2, 0.25) is 0 Å². The highest BCUT2D eigenvalue weighted by Crippen LogP contribution is 2.16. The van der Waals surface area contributed by atoms with Crippen molar-refractivity contribution in [1.82, 2.24) is 5.32 Å². The fourth-order valence-corrected chi connectivity index (χ4v) is 2.81. The first-order chi connectivity index (χ1) is 14.4. The summed E-state index contributed by atoms with van der Waals surface area (Å²) >= 11 is 0. The predicted molar refractivity (Wildman–Crippen MR) is 122 cm³/mol. The Morgan fingerprint density at radius 3 is 2.07 bits per heavy atom. The molecule has 3 rings (SSSR count). The molecule has 5 nitrogen and oxygen atoms in total. The van der Waals surface area contributed by atoms with E-state index < -0.39 is 0 Å². The SMILES string of the molecule is Cc1ccc(NC(=O)/C(=C/c2ccc(N(C)C)cc2)NC(=O)c2ccccc2)cc1. The van der Waals surface area contributed by atoms with E-state index in [2.05, 4.69) is 10.6 Å². The van der Waals surface area contributed by atoms with Gasteiger partial charge in [0.1, 0.15) is 5.70 Å². The zero-order valence-electron chi connectivity index (χ0n) is 17.3. The van der Waals surface area contributed by atoms with E-state index in [1.165, 1.54) is 0 Å². The van der Waals surface area contributed by atoms with Crippen molar-refractivity contribution in [2.75, 3.05) is 24.3 Å². The second-order valence-electron chi connectivity index (χ2n) is 7.18. The number of anilines is 2. The zero-order valence-corrected chi connectivity index (χ0v) is 17.3. The lowest BCUT2D eigenvalue weighted by Crippen LogP contribution is -2.30. The summed E-state index contributed by atoms with van der Waals surface area (Å²) in [6, 6.07) is 24.0. The van der Waals surface area contributed by atoms with Gasteiger partial charge in [-0.2, -0.15) is 0 Å². The summed E-state index contributed by atoms with van der Waals surface area (Å²) in [7, 11) is 3.93. The van der Waals surface area contributed by atoms with E-state index in [0.717, 1.165) is 16.8 Å². The highest BCUT2D eigenvalue weighted by molar-refractivity contribution is 6.10. The molecule has 0 radical (unpaired) electrons. The fraction of sp³-hybridized carbons (Fsp3) is 0.120. The summed E-state index contributed by atoms with van der Waals surface area (Å²) in [5.41, 5.74) is 4.27. The fourth-order valence-electron chi connectivity index (χ4n) is 2.81. The van der Waals surface area contributed by atoms with Gasteiger partial charge in [0.25, 0.3) is 11.8 Å². The highest BCUT2D eigenvalue weighted by atomic mass is 16.2. The summed E-state index contributed by atoms with van der Waals surface area (Å²) in [4.78, 5) is 27.6. The number of amides is 2. The molecule has 0 atom stereocenters. The van der Waals surface area contributed by atoms with Gasteiger partial charge in [0.05, 0.1) is 0 Å². The molecule has 0 heterocycles. The van der Waals surface area contributed by atoms with E-state index in [0.29, 0.717) is 11.3 Å². The number of carbonyl (C=O) groups excluding carboxylic acids is 2. The molecule has 3 aromatic carbocycles. The molecule has 0 spiro atoms. The van der Waals surface area contributed by atoms with Crippen LogP contribution in [-0.2, 0) is 4.79 Å². The van der Waals surface area contributed by atoms with Crippen molar-refractivity contribution in [3.63, 3.8) is 0 Å². The molecule has 0 unspecified atom stereocenters. The minimum absolute atomic E-state index is 0.169. The van der Waals surface area contributed by atoms with Crippen LogP contribution in [-0.4, -0.2) is 25.9 Å². The molecule has 30 heavy (non-hydrogen) atoms. The number of carbonyl (C=O) groups is 2. The molecule has 5 heteroatoms. The van der Waals surface area contributed by atoms with Crippen LogP contribution >= 0.6 is 0 Å². The molecular weight excluding hydrogens is 374 g/mol. The molecule has 0 fully saturated rings.